The molecule has 0 amide bonds. The second-order valence-electron chi connectivity index (χ2n) is 3.77. The summed E-state index contributed by atoms with van der Waals surface area (Å²) in [6, 6.07) is 0. The van der Waals surface area contributed by atoms with E-state index in [0.29, 0.717) is 12.1 Å². The van der Waals surface area contributed by atoms with Gasteiger partial charge in [0.15, 0.2) is 5.56 Å². The summed E-state index contributed by atoms with van der Waals surface area (Å²) in [4.78, 5) is 27.2. The topological polar surface area (TPSA) is 90.0 Å². The third-order valence-corrected chi connectivity index (χ3v) is 2.57. The van der Waals surface area contributed by atoms with E-state index in [0.717, 1.165) is 0 Å². The van der Waals surface area contributed by atoms with Gasteiger partial charge >= 0.3 is 5.97 Å². The Hall–Kier alpha value is -2.44. The van der Waals surface area contributed by atoms with Crippen LogP contribution in [0, 0.1) is 0 Å². The smallest absolute Gasteiger partial charge is 0.343 e. The van der Waals surface area contributed by atoms with E-state index in [2.05, 4.69) is 10.1 Å². The second-order valence-corrected chi connectivity index (χ2v) is 3.77. The van der Waals surface area contributed by atoms with Crippen molar-refractivity contribution in [2.75, 3.05) is 0 Å². The summed E-state index contributed by atoms with van der Waals surface area (Å²) in [6.07, 6.45) is 4.44. The van der Waals surface area contributed by atoms with Crippen molar-refractivity contribution < 1.29 is 9.90 Å². The van der Waals surface area contributed by atoms with Gasteiger partial charge in [-0.05, 0) is 6.92 Å². The van der Waals surface area contributed by atoms with Crippen LogP contribution < -0.4 is 5.56 Å². The van der Waals surface area contributed by atoms with Gasteiger partial charge in [0.25, 0.3) is 5.56 Å². The molecule has 7 heteroatoms. The number of aromatic nitrogens is 4. The molecule has 0 aliphatic carbocycles. The Kier molecular flexibility index (Phi) is 2.97. The molecule has 2 rings (SSSR count). The fourth-order valence-corrected chi connectivity index (χ4v) is 1.67. The minimum Gasteiger partial charge on any atom is -0.477 e. The van der Waals surface area contributed by atoms with Gasteiger partial charge in [-0.3, -0.25) is 14.0 Å². The summed E-state index contributed by atoms with van der Waals surface area (Å²) in [6.45, 7) is 2.12. The molecule has 0 fully saturated rings. The van der Waals surface area contributed by atoms with Crippen LogP contribution >= 0.6 is 0 Å². The van der Waals surface area contributed by atoms with Crippen molar-refractivity contribution >= 4 is 5.97 Å². The molecule has 0 radical (unpaired) electrons. The van der Waals surface area contributed by atoms with Gasteiger partial charge in [0.05, 0.1) is 18.2 Å². The predicted octanol–water partition coefficient (Wildman–Crippen LogP) is 0.362. The molecule has 2 heterocycles. The minimum atomic E-state index is -1.28. The van der Waals surface area contributed by atoms with Gasteiger partial charge in [-0.2, -0.15) is 5.10 Å². The van der Waals surface area contributed by atoms with Crippen molar-refractivity contribution in [3.05, 3.63) is 34.6 Å². The van der Waals surface area contributed by atoms with E-state index in [4.69, 9.17) is 5.11 Å². The summed E-state index contributed by atoms with van der Waals surface area (Å²) in [5.41, 5.74) is -0.230. The molecule has 0 aromatic carbocycles. The number of nitrogens with zero attached hydrogens (tertiary/aromatic N) is 4. The molecule has 0 saturated carbocycles. The maximum absolute atomic E-state index is 12.0. The van der Waals surface area contributed by atoms with Crippen molar-refractivity contribution in [1.82, 2.24) is 19.3 Å². The van der Waals surface area contributed by atoms with Gasteiger partial charge in [-0.25, -0.2) is 9.78 Å². The normalized spacial score (nSPS) is 10.6. The zero-order chi connectivity index (χ0) is 13.3. The number of hydrogen-bond donors (Lipinski definition) is 1. The molecule has 0 saturated heterocycles. The van der Waals surface area contributed by atoms with Gasteiger partial charge in [0, 0.05) is 25.4 Å². The first-order valence-corrected chi connectivity index (χ1v) is 5.36. The number of aryl methyl sites for hydroxylation is 2. The fraction of sp³-hybridized carbons (Fsp3) is 0.273. The molecule has 0 bridgehead atoms. The summed E-state index contributed by atoms with van der Waals surface area (Å²) in [5.74, 6) is -1.28. The van der Waals surface area contributed by atoms with Gasteiger partial charge in [-0.15, -0.1) is 0 Å². The Morgan fingerprint density at radius 2 is 2.22 bits per heavy atom. The van der Waals surface area contributed by atoms with E-state index in [1.54, 1.807) is 20.2 Å². The molecule has 0 spiro atoms. The zero-order valence-corrected chi connectivity index (χ0v) is 9.99. The summed E-state index contributed by atoms with van der Waals surface area (Å²) in [5, 5.41) is 13.1. The molecule has 2 aromatic heterocycles. The van der Waals surface area contributed by atoms with Crippen LogP contribution in [0.3, 0.4) is 0 Å². The number of aromatic carboxylic acids is 1. The first-order chi connectivity index (χ1) is 8.54. The third kappa shape index (κ3) is 1.90. The molecule has 94 valence electrons. The summed E-state index contributed by atoms with van der Waals surface area (Å²) >= 11 is 0. The molecule has 1 N–H and O–H groups in total. The van der Waals surface area contributed by atoms with Gasteiger partial charge in [-0.1, -0.05) is 0 Å². The highest BCUT2D eigenvalue weighted by molar-refractivity contribution is 5.94. The Balaban J connectivity index is 2.72. The van der Waals surface area contributed by atoms with Gasteiger partial charge in [0.2, 0.25) is 0 Å². The lowest BCUT2D eigenvalue weighted by molar-refractivity contribution is 0.0694. The standard InChI is InChI=1S/C11H12N4O3/c1-3-15-6-12-9(7-4-13-14(2)5-7)8(10(15)16)11(17)18/h4-6H,3H2,1-2H3,(H,17,18). The summed E-state index contributed by atoms with van der Waals surface area (Å²) in [7, 11) is 1.71. The zero-order valence-electron chi connectivity index (χ0n) is 9.99. The van der Waals surface area contributed by atoms with Gasteiger partial charge in [0.1, 0.15) is 0 Å². The molecule has 0 atom stereocenters. The van der Waals surface area contributed by atoms with E-state index >= 15 is 0 Å². The first kappa shape index (κ1) is 12.0. The maximum atomic E-state index is 12.0. The lowest BCUT2D eigenvalue weighted by Gasteiger charge is -2.06. The Morgan fingerprint density at radius 1 is 1.50 bits per heavy atom. The average molecular weight is 248 g/mol. The van der Waals surface area contributed by atoms with Crippen molar-refractivity contribution in [3.63, 3.8) is 0 Å². The lowest BCUT2D eigenvalue weighted by atomic mass is 10.1. The third-order valence-electron chi connectivity index (χ3n) is 2.57. The Labute approximate surface area is 102 Å². The molecular weight excluding hydrogens is 236 g/mol. The Morgan fingerprint density at radius 3 is 2.72 bits per heavy atom. The van der Waals surface area contributed by atoms with E-state index in [-0.39, 0.29) is 11.3 Å². The number of hydrogen-bond acceptors (Lipinski definition) is 4. The summed E-state index contributed by atoms with van der Waals surface area (Å²) < 4.78 is 2.78. The highest BCUT2D eigenvalue weighted by Crippen LogP contribution is 2.17. The highest BCUT2D eigenvalue weighted by Gasteiger charge is 2.20. The number of carboxylic acids is 1. The van der Waals surface area contributed by atoms with Crippen LogP contribution in [-0.4, -0.2) is 30.4 Å². The van der Waals surface area contributed by atoms with Crippen molar-refractivity contribution in [2.45, 2.75) is 13.5 Å². The molecule has 0 aliphatic heterocycles. The largest absolute Gasteiger partial charge is 0.477 e. The molecule has 7 nitrogen and oxygen atoms in total. The average Bonchev–Trinajstić information content (AvgIpc) is 2.74. The number of carbonyl (C=O) groups is 1. The van der Waals surface area contributed by atoms with E-state index in [1.165, 1.54) is 21.8 Å². The first-order valence-electron chi connectivity index (χ1n) is 5.36. The van der Waals surface area contributed by atoms with Crippen LogP contribution in [0.1, 0.15) is 17.3 Å². The predicted molar refractivity (Wildman–Crippen MR) is 63.3 cm³/mol. The minimum absolute atomic E-state index is 0.144. The van der Waals surface area contributed by atoms with Crippen LogP contribution in [0.15, 0.2) is 23.5 Å². The molecule has 0 unspecified atom stereocenters. The SMILES string of the molecule is CCn1cnc(-c2cnn(C)c2)c(C(=O)O)c1=O. The van der Waals surface area contributed by atoms with Crippen LogP contribution in [-0.2, 0) is 13.6 Å². The number of rotatable bonds is 3. The van der Waals surface area contributed by atoms with Crippen molar-refractivity contribution in [2.24, 2.45) is 7.05 Å². The maximum Gasteiger partial charge on any atom is 0.343 e. The van der Waals surface area contributed by atoms with Crippen molar-refractivity contribution in [1.29, 1.82) is 0 Å². The highest BCUT2D eigenvalue weighted by atomic mass is 16.4. The van der Waals surface area contributed by atoms with E-state index in [9.17, 15) is 9.59 Å². The van der Waals surface area contributed by atoms with Crippen molar-refractivity contribution in [3.8, 4) is 11.3 Å². The second kappa shape index (κ2) is 4.44. The molecular formula is C11H12N4O3. The molecule has 0 aliphatic rings. The Bertz CT molecular complexity index is 657. The molecule has 18 heavy (non-hydrogen) atoms. The van der Waals surface area contributed by atoms with E-state index < -0.39 is 11.5 Å². The van der Waals surface area contributed by atoms with E-state index in [1.807, 2.05) is 0 Å². The monoisotopic (exact) mass is 248 g/mol. The fourth-order valence-electron chi connectivity index (χ4n) is 1.67. The van der Waals surface area contributed by atoms with Crippen LogP contribution in [0.4, 0.5) is 0 Å². The van der Waals surface area contributed by atoms with Crippen LogP contribution in [0.2, 0.25) is 0 Å². The molecule has 2 aromatic rings. The van der Waals surface area contributed by atoms with Gasteiger partial charge < -0.3 is 5.11 Å². The quantitative estimate of drug-likeness (QED) is 0.847. The van der Waals surface area contributed by atoms with Crippen LogP contribution in [0.5, 0.6) is 0 Å². The lowest BCUT2D eigenvalue weighted by Crippen LogP contribution is -2.27. The van der Waals surface area contributed by atoms with Crippen LogP contribution in [0.25, 0.3) is 11.3 Å². The number of carboxylic acid groups (broad SMARTS) is 1.